The first kappa shape index (κ1) is 20.5. The minimum Gasteiger partial charge on any atom is -0.493 e. The number of ether oxygens (including phenoxy) is 3. The Morgan fingerprint density at radius 3 is 2.42 bits per heavy atom. The molecule has 146 valence electrons. The Kier molecular flexibility index (Phi) is 6.88. The van der Waals surface area contributed by atoms with E-state index in [0.717, 1.165) is 24.7 Å². The second-order valence-electron chi connectivity index (χ2n) is 6.62. The number of hydrogen-bond acceptors (Lipinski definition) is 6. The van der Waals surface area contributed by atoms with Gasteiger partial charge in [0, 0.05) is 37.9 Å². The van der Waals surface area contributed by atoms with E-state index in [4.69, 9.17) is 14.2 Å². The number of carbonyl (C=O) groups excluding carboxylic acids is 1. The highest BCUT2D eigenvalue weighted by Crippen LogP contribution is 2.38. The normalized spacial score (nSPS) is 16.7. The summed E-state index contributed by atoms with van der Waals surface area (Å²) in [4.78, 5) is 12.1. The Bertz CT molecular complexity index is 725. The molecule has 1 fully saturated rings. The van der Waals surface area contributed by atoms with Crippen LogP contribution in [0.5, 0.6) is 11.5 Å². The summed E-state index contributed by atoms with van der Waals surface area (Å²) in [6.45, 7) is 1.63. The van der Waals surface area contributed by atoms with Crippen molar-refractivity contribution in [2.75, 3.05) is 46.0 Å². The molecule has 0 unspecified atom stereocenters. The fourth-order valence-electron chi connectivity index (χ4n) is 3.13. The lowest BCUT2D eigenvalue weighted by Gasteiger charge is -2.38. The number of rotatable bonds is 8. The van der Waals surface area contributed by atoms with E-state index in [0.29, 0.717) is 31.3 Å². The third kappa shape index (κ3) is 5.35. The van der Waals surface area contributed by atoms with Crippen molar-refractivity contribution in [3.05, 3.63) is 23.8 Å². The first-order valence-corrected chi connectivity index (χ1v) is 10.6. The molecule has 0 atom stereocenters. The first-order chi connectivity index (χ1) is 12.3. The third-order valence-corrected chi connectivity index (χ3v) is 5.72. The molecule has 0 radical (unpaired) electrons. The molecule has 1 amide bonds. The minimum atomic E-state index is -3.16. The van der Waals surface area contributed by atoms with Crippen molar-refractivity contribution in [2.45, 2.75) is 24.7 Å². The van der Waals surface area contributed by atoms with Gasteiger partial charge in [-0.05, 0) is 30.5 Å². The maximum Gasteiger partial charge on any atom is 0.221 e. The van der Waals surface area contributed by atoms with Crippen LogP contribution in [0.15, 0.2) is 18.2 Å². The maximum atomic E-state index is 12.1. The van der Waals surface area contributed by atoms with Gasteiger partial charge in [-0.15, -0.1) is 0 Å². The predicted molar refractivity (Wildman–Crippen MR) is 98.6 cm³/mol. The predicted octanol–water partition coefficient (Wildman–Crippen LogP) is 1.30. The average Bonchev–Trinajstić information content (AvgIpc) is 2.64. The second kappa shape index (κ2) is 8.73. The van der Waals surface area contributed by atoms with E-state index in [1.807, 2.05) is 18.2 Å². The SMILES string of the molecule is COc1ccc(C2(CNC(=O)CCS(C)(=O)=O)CCOCC2)cc1OC. The number of hydrogen-bond donors (Lipinski definition) is 1. The Balaban J connectivity index is 2.16. The molecule has 0 saturated carbocycles. The molecule has 7 nitrogen and oxygen atoms in total. The molecule has 1 aliphatic heterocycles. The lowest BCUT2D eigenvalue weighted by atomic mass is 9.74. The van der Waals surface area contributed by atoms with E-state index in [1.54, 1.807) is 14.2 Å². The smallest absolute Gasteiger partial charge is 0.221 e. The van der Waals surface area contributed by atoms with Gasteiger partial charge in [-0.2, -0.15) is 0 Å². The topological polar surface area (TPSA) is 90.9 Å². The summed E-state index contributed by atoms with van der Waals surface area (Å²) < 4.78 is 38.7. The molecular formula is C18H27NO6S. The largest absolute Gasteiger partial charge is 0.493 e. The summed E-state index contributed by atoms with van der Waals surface area (Å²) >= 11 is 0. The van der Waals surface area contributed by atoms with E-state index in [1.165, 1.54) is 0 Å². The molecule has 1 aromatic rings. The number of benzene rings is 1. The van der Waals surface area contributed by atoms with Crippen LogP contribution in [0.4, 0.5) is 0 Å². The van der Waals surface area contributed by atoms with Crippen molar-refractivity contribution in [1.29, 1.82) is 0 Å². The van der Waals surface area contributed by atoms with Gasteiger partial charge in [0.1, 0.15) is 9.84 Å². The third-order valence-electron chi connectivity index (χ3n) is 4.77. The van der Waals surface area contributed by atoms with E-state index >= 15 is 0 Å². The van der Waals surface area contributed by atoms with Gasteiger partial charge in [-0.25, -0.2) is 8.42 Å². The zero-order chi connectivity index (χ0) is 19.2. The van der Waals surface area contributed by atoms with Gasteiger partial charge in [-0.1, -0.05) is 6.07 Å². The maximum absolute atomic E-state index is 12.1. The molecule has 0 aliphatic carbocycles. The fourth-order valence-corrected chi connectivity index (χ4v) is 3.69. The van der Waals surface area contributed by atoms with Crippen molar-refractivity contribution in [3.63, 3.8) is 0 Å². The van der Waals surface area contributed by atoms with Gasteiger partial charge in [0.15, 0.2) is 11.5 Å². The van der Waals surface area contributed by atoms with Crippen molar-refractivity contribution in [2.24, 2.45) is 0 Å². The van der Waals surface area contributed by atoms with Crippen molar-refractivity contribution >= 4 is 15.7 Å². The molecule has 0 aromatic heterocycles. The van der Waals surface area contributed by atoms with Crippen LogP contribution in [0, 0.1) is 0 Å². The van der Waals surface area contributed by atoms with Crippen LogP contribution in [-0.2, 0) is 24.8 Å². The molecule has 0 bridgehead atoms. The summed E-state index contributed by atoms with van der Waals surface area (Å²) in [5, 5.41) is 2.90. The first-order valence-electron chi connectivity index (χ1n) is 8.54. The Morgan fingerprint density at radius 1 is 1.19 bits per heavy atom. The highest BCUT2D eigenvalue weighted by molar-refractivity contribution is 7.90. The molecule has 1 heterocycles. The Labute approximate surface area is 154 Å². The quantitative estimate of drug-likeness (QED) is 0.725. The van der Waals surface area contributed by atoms with Gasteiger partial charge in [-0.3, -0.25) is 4.79 Å². The Morgan fingerprint density at radius 2 is 1.85 bits per heavy atom. The second-order valence-corrected chi connectivity index (χ2v) is 8.88. The molecule has 26 heavy (non-hydrogen) atoms. The fraction of sp³-hybridized carbons (Fsp3) is 0.611. The number of nitrogens with one attached hydrogen (secondary N) is 1. The van der Waals surface area contributed by atoms with Gasteiger partial charge >= 0.3 is 0 Å². The zero-order valence-corrected chi connectivity index (χ0v) is 16.4. The number of sulfone groups is 1. The monoisotopic (exact) mass is 385 g/mol. The zero-order valence-electron chi connectivity index (χ0n) is 15.5. The van der Waals surface area contributed by atoms with E-state index in [9.17, 15) is 13.2 Å². The van der Waals surface area contributed by atoms with E-state index < -0.39 is 9.84 Å². The lowest BCUT2D eigenvalue weighted by molar-refractivity contribution is -0.121. The molecule has 1 aliphatic rings. The lowest BCUT2D eigenvalue weighted by Crippen LogP contribution is -2.44. The van der Waals surface area contributed by atoms with Crippen molar-refractivity contribution in [3.8, 4) is 11.5 Å². The molecular weight excluding hydrogens is 358 g/mol. The number of amides is 1. The average molecular weight is 385 g/mol. The number of carbonyl (C=O) groups is 1. The molecule has 1 aromatic carbocycles. The van der Waals surface area contributed by atoms with Crippen molar-refractivity contribution < 1.29 is 27.4 Å². The molecule has 0 spiro atoms. The molecule has 2 rings (SSSR count). The van der Waals surface area contributed by atoms with Crippen LogP contribution in [-0.4, -0.2) is 60.3 Å². The standard InChI is InChI=1S/C18H27NO6S/c1-23-15-5-4-14(12-16(15)24-2)18(7-9-25-10-8-18)13-19-17(20)6-11-26(3,21)22/h4-5,12H,6-11,13H2,1-3H3,(H,19,20). The van der Waals surface area contributed by atoms with E-state index in [2.05, 4.69) is 5.32 Å². The summed E-state index contributed by atoms with van der Waals surface area (Å²) in [7, 11) is 0.0179. The summed E-state index contributed by atoms with van der Waals surface area (Å²) in [5.74, 6) is 0.877. The summed E-state index contributed by atoms with van der Waals surface area (Å²) in [6, 6.07) is 5.78. The van der Waals surface area contributed by atoms with Gasteiger partial charge < -0.3 is 19.5 Å². The minimum absolute atomic E-state index is 0.0304. The highest BCUT2D eigenvalue weighted by Gasteiger charge is 2.35. The van der Waals surface area contributed by atoms with Gasteiger partial charge in [0.05, 0.1) is 20.0 Å². The van der Waals surface area contributed by atoms with Crippen LogP contribution in [0.3, 0.4) is 0 Å². The Hall–Kier alpha value is -1.80. The van der Waals surface area contributed by atoms with E-state index in [-0.39, 0.29) is 23.5 Å². The molecule has 8 heteroatoms. The summed E-state index contributed by atoms with van der Waals surface area (Å²) in [6.07, 6.45) is 2.62. The molecule has 1 saturated heterocycles. The van der Waals surface area contributed by atoms with Crippen LogP contribution in [0.25, 0.3) is 0 Å². The van der Waals surface area contributed by atoms with Crippen molar-refractivity contribution in [1.82, 2.24) is 5.32 Å². The van der Waals surface area contributed by atoms with Crippen LogP contribution in [0.1, 0.15) is 24.8 Å². The number of methoxy groups -OCH3 is 2. The van der Waals surface area contributed by atoms with Gasteiger partial charge in [0.2, 0.25) is 5.91 Å². The van der Waals surface area contributed by atoms with Gasteiger partial charge in [0.25, 0.3) is 0 Å². The summed E-state index contributed by atoms with van der Waals surface area (Å²) in [5.41, 5.74) is 0.764. The van der Waals surface area contributed by atoms with Crippen LogP contribution < -0.4 is 14.8 Å². The van der Waals surface area contributed by atoms with Crippen LogP contribution >= 0.6 is 0 Å². The molecule has 1 N–H and O–H groups in total. The van der Waals surface area contributed by atoms with Crippen LogP contribution in [0.2, 0.25) is 0 Å². The highest BCUT2D eigenvalue weighted by atomic mass is 32.2.